The molecule has 0 radical (unpaired) electrons. The van der Waals surface area contributed by atoms with Crippen molar-refractivity contribution >= 4 is 0 Å². The Morgan fingerprint density at radius 1 is 1.67 bits per heavy atom. The van der Waals surface area contributed by atoms with Gasteiger partial charge in [0.2, 0.25) is 0 Å². The Hall–Kier alpha value is -0.120. The number of piperidine rings is 1. The van der Waals surface area contributed by atoms with E-state index in [9.17, 15) is 0 Å². The van der Waals surface area contributed by atoms with E-state index in [1.807, 2.05) is 0 Å². The van der Waals surface area contributed by atoms with Crippen LogP contribution in [0.25, 0.3) is 0 Å². The normalized spacial score (nSPS) is 36.7. The van der Waals surface area contributed by atoms with Crippen LogP contribution in [-0.4, -0.2) is 32.3 Å². The molecular formula is C6H14N2O. The van der Waals surface area contributed by atoms with Crippen molar-refractivity contribution in [3.05, 3.63) is 0 Å². The molecule has 2 unspecified atom stereocenters. The van der Waals surface area contributed by atoms with Gasteiger partial charge in [-0.1, -0.05) is 0 Å². The highest BCUT2D eigenvalue weighted by atomic mass is 16.5. The van der Waals surface area contributed by atoms with Crippen molar-refractivity contribution in [1.29, 1.82) is 0 Å². The Bertz CT molecular complexity index is 87.1. The molecule has 1 aliphatic heterocycles. The molecule has 2 atom stereocenters. The average Bonchev–Trinajstić information content (AvgIpc) is 1.89. The fourth-order valence-corrected chi connectivity index (χ4v) is 1.15. The van der Waals surface area contributed by atoms with Crippen LogP contribution >= 0.6 is 0 Å². The zero-order valence-corrected chi connectivity index (χ0v) is 5.76. The van der Waals surface area contributed by atoms with Crippen LogP contribution in [0.4, 0.5) is 0 Å². The largest absolute Gasteiger partial charge is 0.380 e. The molecule has 1 fully saturated rings. The lowest BCUT2D eigenvalue weighted by Gasteiger charge is -2.27. The van der Waals surface area contributed by atoms with Crippen LogP contribution < -0.4 is 11.1 Å². The fraction of sp³-hybridized carbons (Fsp3) is 1.00. The van der Waals surface area contributed by atoms with Crippen molar-refractivity contribution < 1.29 is 4.74 Å². The number of nitrogens with one attached hydrogen (secondary N) is 1. The molecule has 0 saturated carbocycles. The lowest BCUT2D eigenvalue weighted by atomic mass is 10.1. The molecule has 54 valence electrons. The van der Waals surface area contributed by atoms with Gasteiger partial charge in [-0.15, -0.1) is 0 Å². The summed E-state index contributed by atoms with van der Waals surface area (Å²) in [5.74, 6) is 0. The molecule has 0 aromatic carbocycles. The van der Waals surface area contributed by atoms with E-state index in [0.717, 1.165) is 19.5 Å². The third-order valence-corrected chi connectivity index (χ3v) is 1.77. The van der Waals surface area contributed by atoms with Gasteiger partial charge in [-0.2, -0.15) is 0 Å². The molecule has 1 heterocycles. The molecule has 0 spiro atoms. The van der Waals surface area contributed by atoms with Gasteiger partial charge in [0.15, 0.2) is 0 Å². The maximum absolute atomic E-state index is 5.70. The first-order chi connectivity index (χ1) is 4.34. The highest BCUT2D eigenvalue weighted by Crippen LogP contribution is 2.03. The first-order valence-electron chi connectivity index (χ1n) is 3.33. The van der Waals surface area contributed by atoms with Crippen LogP contribution in [0.2, 0.25) is 0 Å². The fourth-order valence-electron chi connectivity index (χ4n) is 1.15. The van der Waals surface area contributed by atoms with Gasteiger partial charge in [-0.25, -0.2) is 0 Å². The molecule has 3 nitrogen and oxygen atoms in total. The number of nitrogens with two attached hydrogens (primary N) is 1. The van der Waals surface area contributed by atoms with E-state index in [1.165, 1.54) is 0 Å². The predicted octanol–water partition coefficient (Wildman–Crippen LogP) is -0.678. The van der Waals surface area contributed by atoms with Gasteiger partial charge in [-0.05, 0) is 13.0 Å². The van der Waals surface area contributed by atoms with Gasteiger partial charge in [0, 0.05) is 19.7 Å². The average molecular weight is 130 g/mol. The Morgan fingerprint density at radius 3 is 2.89 bits per heavy atom. The first kappa shape index (κ1) is 6.99. The molecular weight excluding hydrogens is 116 g/mol. The van der Waals surface area contributed by atoms with E-state index in [-0.39, 0.29) is 12.1 Å². The van der Waals surface area contributed by atoms with Crippen LogP contribution in [0, 0.1) is 0 Å². The number of ether oxygens (including phenoxy) is 1. The first-order valence-corrected chi connectivity index (χ1v) is 3.33. The maximum atomic E-state index is 5.70. The highest BCUT2D eigenvalue weighted by molar-refractivity contribution is 4.80. The van der Waals surface area contributed by atoms with E-state index in [1.54, 1.807) is 7.11 Å². The zero-order valence-electron chi connectivity index (χ0n) is 5.76. The summed E-state index contributed by atoms with van der Waals surface area (Å²) in [6.45, 7) is 1.92. The maximum Gasteiger partial charge on any atom is 0.0746 e. The summed E-state index contributed by atoms with van der Waals surface area (Å²) in [6.07, 6.45) is 1.31. The van der Waals surface area contributed by atoms with Crippen molar-refractivity contribution in [2.24, 2.45) is 5.73 Å². The molecule has 0 aliphatic carbocycles. The van der Waals surface area contributed by atoms with Crippen LogP contribution in [0.1, 0.15) is 6.42 Å². The van der Waals surface area contributed by atoms with Crippen molar-refractivity contribution in [2.45, 2.75) is 18.6 Å². The minimum atomic E-state index is 0.184. The van der Waals surface area contributed by atoms with Gasteiger partial charge in [0.25, 0.3) is 0 Å². The lowest BCUT2D eigenvalue weighted by Crippen LogP contribution is -2.49. The summed E-state index contributed by atoms with van der Waals surface area (Å²) in [5, 5.41) is 3.19. The van der Waals surface area contributed by atoms with Crippen LogP contribution in [0.3, 0.4) is 0 Å². The van der Waals surface area contributed by atoms with Crippen LogP contribution in [-0.2, 0) is 4.74 Å². The van der Waals surface area contributed by atoms with E-state index in [0.29, 0.717) is 0 Å². The van der Waals surface area contributed by atoms with Gasteiger partial charge >= 0.3 is 0 Å². The summed E-state index contributed by atoms with van der Waals surface area (Å²) in [4.78, 5) is 0. The smallest absolute Gasteiger partial charge is 0.0746 e. The highest BCUT2D eigenvalue weighted by Gasteiger charge is 2.19. The standard InChI is InChI=1S/C6H14N2O/c1-9-6-2-3-8-4-5(6)7/h5-6,8H,2-4,7H2,1H3. The van der Waals surface area contributed by atoms with E-state index < -0.39 is 0 Å². The van der Waals surface area contributed by atoms with Gasteiger partial charge in [-0.3, -0.25) is 0 Å². The molecule has 1 saturated heterocycles. The molecule has 0 aromatic rings. The molecule has 0 bridgehead atoms. The Labute approximate surface area is 55.6 Å². The number of rotatable bonds is 1. The molecule has 0 amide bonds. The monoisotopic (exact) mass is 130 g/mol. The summed E-state index contributed by atoms with van der Waals surface area (Å²) < 4.78 is 5.14. The lowest BCUT2D eigenvalue weighted by molar-refractivity contribution is 0.0606. The van der Waals surface area contributed by atoms with Crippen LogP contribution in [0.5, 0.6) is 0 Å². The third-order valence-electron chi connectivity index (χ3n) is 1.77. The van der Waals surface area contributed by atoms with E-state index >= 15 is 0 Å². The summed E-state index contributed by atoms with van der Waals surface area (Å²) >= 11 is 0. The minimum absolute atomic E-state index is 0.184. The van der Waals surface area contributed by atoms with E-state index in [4.69, 9.17) is 10.5 Å². The zero-order chi connectivity index (χ0) is 6.69. The summed E-state index contributed by atoms with van der Waals surface area (Å²) in [7, 11) is 1.72. The molecule has 1 aliphatic rings. The Morgan fingerprint density at radius 2 is 2.44 bits per heavy atom. The molecule has 9 heavy (non-hydrogen) atoms. The SMILES string of the molecule is COC1CCNCC1N. The Kier molecular flexibility index (Phi) is 2.45. The number of methoxy groups -OCH3 is 1. The van der Waals surface area contributed by atoms with Crippen molar-refractivity contribution in [2.75, 3.05) is 20.2 Å². The number of hydrogen-bond donors (Lipinski definition) is 2. The molecule has 3 heteroatoms. The molecule has 3 N–H and O–H groups in total. The topological polar surface area (TPSA) is 47.3 Å². The minimum Gasteiger partial charge on any atom is -0.380 e. The molecule has 1 rings (SSSR count). The number of hydrogen-bond acceptors (Lipinski definition) is 3. The second kappa shape index (κ2) is 3.15. The molecule has 0 aromatic heterocycles. The summed E-state index contributed by atoms with van der Waals surface area (Å²) in [6, 6.07) is 0.184. The van der Waals surface area contributed by atoms with Crippen molar-refractivity contribution in [3.63, 3.8) is 0 Å². The van der Waals surface area contributed by atoms with Gasteiger partial charge in [0.1, 0.15) is 0 Å². The second-order valence-corrected chi connectivity index (χ2v) is 2.43. The van der Waals surface area contributed by atoms with Gasteiger partial charge < -0.3 is 15.8 Å². The van der Waals surface area contributed by atoms with E-state index in [2.05, 4.69) is 5.32 Å². The van der Waals surface area contributed by atoms with Crippen LogP contribution in [0.15, 0.2) is 0 Å². The second-order valence-electron chi connectivity index (χ2n) is 2.43. The summed E-state index contributed by atoms with van der Waals surface area (Å²) in [5.41, 5.74) is 5.70. The third kappa shape index (κ3) is 1.64. The Balaban J connectivity index is 2.30. The quantitative estimate of drug-likeness (QED) is 0.494. The van der Waals surface area contributed by atoms with Gasteiger partial charge in [0.05, 0.1) is 6.10 Å². The van der Waals surface area contributed by atoms with Crippen molar-refractivity contribution in [3.8, 4) is 0 Å². The van der Waals surface area contributed by atoms with Crippen molar-refractivity contribution in [1.82, 2.24) is 5.32 Å². The predicted molar refractivity (Wildman–Crippen MR) is 36.3 cm³/mol.